The highest BCUT2D eigenvalue weighted by Gasteiger charge is 2.39. The standard InChI is InChI=1S/C15H26N4/c1-11(2)19-10-17-7-15(19)14(6-16)18-8-12-4-3-5-13(12)9-18/h7,10-14H,3-6,8-9,16H2,1-2H3. The van der Waals surface area contributed by atoms with Gasteiger partial charge in [0.25, 0.3) is 0 Å². The second kappa shape index (κ2) is 5.25. The van der Waals surface area contributed by atoms with Crippen LogP contribution in [0, 0.1) is 11.8 Å². The Bertz CT molecular complexity index is 414. The van der Waals surface area contributed by atoms with Crippen LogP contribution in [0.1, 0.15) is 50.9 Å². The molecule has 2 fully saturated rings. The van der Waals surface area contributed by atoms with Crippen molar-refractivity contribution in [2.45, 2.75) is 45.2 Å². The van der Waals surface area contributed by atoms with Gasteiger partial charge in [0.05, 0.1) is 18.1 Å². The maximum atomic E-state index is 6.08. The van der Waals surface area contributed by atoms with Gasteiger partial charge in [-0.2, -0.15) is 0 Å². The van der Waals surface area contributed by atoms with Gasteiger partial charge in [0.2, 0.25) is 0 Å². The molecular formula is C15H26N4. The zero-order valence-corrected chi connectivity index (χ0v) is 12.1. The number of rotatable bonds is 4. The lowest BCUT2D eigenvalue weighted by atomic mass is 10.0. The lowest BCUT2D eigenvalue weighted by Crippen LogP contribution is -2.34. The average Bonchev–Trinajstić information content (AvgIpc) is 3.03. The number of aromatic nitrogens is 2. The van der Waals surface area contributed by atoms with Crippen LogP contribution in [-0.4, -0.2) is 34.1 Å². The maximum absolute atomic E-state index is 6.08. The van der Waals surface area contributed by atoms with Gasteiger partial charge in [-0.25, -0.2) is 4.98 Å². The summed E-state index contributed by atoms with van der Waals surface area (Å²) in [6.45, 7) is 7.57. The molecule has 3 atom stereocenters. The lowest BCUT2D eigenvalue weighted by Gasteiger charge is -2.29. The van der Waals surface area contributed by atoms with Gasteiger partial charge in [-0.3, -0.25) is 4.90 Å². The molecule has 0 amide bonds. The molecule has 1 aliphatic carbocycles. The monoisotopic (exact) mass is 262 g/mol. The molecule has 1 aromatic heterocycles. The van der Waals surface area contributed by atoms with Crippen molar-refractivity contribution in [3.63, 3.8) is 0 Å². The van der Waals surface area contributed by atoms with Crippen LogP contribution in [0.5, 0.6) is 0 Å². The van der Waals surface area contributed by atoms with Crippen LogP contribution in [-0.2, 0) is 0 Å². The third-order valence-electron chi connectivity index (χ3n) is 5.01. The van der Waals surface area contributed by atoms with Crippen LogP contribution in [0.4, 0.5) is 0 Å². The average molecular weight is 262 g/mol. The zero-order chi connectivity index (χ0) is 13.4. The maximum Gasteiger partial charge on any atom is 0.0951 e. The van der Waals surface area contributed by atoms with E-state index in [4.69, 9.17) is 5.73 Å². The summed E-state index contributed by atoms with van der Waals surface area (Å²) in [5.41, 5.74) is 7.37. The van der Waals surface area contributed by atoms with Gasteiger partial charge < -0.3 is 10.3 Å². The summed E-state index contributed by atoms with van der Waals surface area (Å²) >= 11 is 0. The Balaban J connectivity index is 1.79. The van der Waals surface area contributed by atoms with Crippen molar-refractivity contribution in [2.75, 3.05) is 19.6 Å². The molecule has 2 N–H and O–H groups in total. The molecule has 0 aromatic carbocycles. The first kappa shape index (κ1) is 13.1. The van der Waals surface area contributed by atoms with E-state index >= 15 is 0 Å². The fraction of sp³-hybridized carbons (Fsp3) is 0.800. The molecule has 19 heavy (non-hydrogen) atoms. The Labute approximate surface area is 116 Å². The topological polar surface area (TPSA) is 47.1 Å². The highest BCUT2D eigenvalue weighted by Crippen LogP contribution is 2.40. The van der Waals surface area contributed by atoms with Crippen LogP contribution in [0.2, 0.25) is 0 Å². The predicted molar refractivity (Wildman–Crippen MR) is 76.8 cm³/mol. The minimum atomic E-state index is 0.343. The summed E-state index contributed by atoms with van der Waals surface area (Å²) in [5.74, 6) is 1.84. The molecule has 1 saturated heterocycles. The molecular weight excluding hydrogens is 236 g/mol. The molecule has 3 unspecified atom stereocenters. The van der Waals surface area contributed by atoms with Crippen LogP contribution >= 0.6 is 0 Å². The molecule has 106 valence electrons. The number of fused-ring (bicyclic) bond motifs is 1. The molecule has 0 spiro atoms. The van der Waals surface area contributed by atoms with E-state index in [2.05, 4.69) is 28.3 Å². The van der Waals surface area contributed by atoms with Crippen molar-refractivity contribution in [3.8, 4) is 0 Å². The molecule has 1 aliphatic heterocycles. The molecule has 3 rings (SSSR count). The van der Waals surface area contributed by atoms with E-state index < -0.39 is 0 Å². The molecule has 1 saturated carbocycles. The predicted octanol–water partition coefficient (Wildman–Crippen LogP) is 2.20. The fourth-order valence-electron chi connectivity index (χ4n) is 3.99. The first-order valence-corrected chi connectivity index (χ1v) is 7.66. The SMILES string of the molecule is CC(C)n1cncc1C(CN)N1CC2CCCC2C1. The van der Waals surface area contributed by atoms with Gasteiger partial charge in [-0.1, -0.05) is 6.42 Å². The van der Waals surface area contributed by atoms with Gasteiger partial charge in [-0.05, 0) is 38.5 Å². The Morgan fingerprint density at radius 1 is 1.32 bits per heavy atom. The van der Waals surface area contributed by atoms with E-state index in [0.717, 1.165) is 11.8 Å². The minimum Gasteiger partial charge on any atom is -0.331 e. The normalized spacial score (nSPS) is 29.1. The smallest absolute Gasteiger partial charge is 0.0951 e. The van der Waals surface area contributed by atoms with E-state index in [1.54, 1.807) is 0 Å². The molecule has 2 aliphatic rings. The second-order valence-electron chi connectivity index (χ2n) is 6.48. The van der Waals surface area contributed by atoms with Crippen LogP contribution in [0.15, 0.2) is 12.5 Å². The zero-order valence-electron chi connectivity index (χ0n) is 12.1. The summed E-state index contributed by atoms with van der Waals surface area (Å²) in [6.07, 6.45) is 8.22. The number of imidazole rings is 1. The Morgan fingerprint density at radius 2 is 2.00 bits per heavy atom. The van der Waals surface area contributed by atoms with Crippen molar-refractivity contribution in [1.82, 2.24) is 14.5 Å². The van der Waals surface area contributed by atoms with Gasteiger partial charge in [0, 0.05) is 31.9 Å². The third-order valence-corrected chi connectivity index (χ3v) is 5.01. The molecule has 0 radical (unpaired) electrons. The van der Waals surface area contributed by atoms with E-state index in [9.17, 15) is 0 Å². The molecule has 2 heterocycles. The van der Waals surface area contributed by atoms with Crippen molar-refractivity contribution in [3.05, 3.63) is 18.2 Å². The molecule has 4 nitrogen and oxygen atoms in total. The van der Waals surface area contributed by atoms with Crippen molar-refractivity contribution >= 4 is 0 Å². The van der Waals surface area contributed by atoms with Crippen LogP contribution < -0.4 is 5.73 Å². The highest BCUT2D eigenvalue weighted by molar-refractivity contribution is 5.09. The molecule has 1 aromatic rings. The quantitative estimate of drug-likeness (QED) is 0.905. The summed E-state index contributed by atoms with van der Waals surface area (Å²) < 4.78 is 2.27. The number of hydrogen-bond acceptors (Lipinski definition) is 3. The number of hydrogen-bond donors (Lipinski definition) is 1. The van der Waals surface area contributed by atoms with E-state index in [1.165, 1.54) is 38.0 Å². The van der Waals surface area contributed by atoms with Crippen molar-refractivity contribution in [1.29, 1.82) is 0 Å². The third kappa shape index (κ3) is 2.32. The van der Waals surface area contributed by atoms with Crippen LogP contribution in [0.3, 0.4) is 0 Å². The van der Waals surface area contributed by atoms with E-state index in [0.29, 0.717) is 18.6 Å². The van der Waals surface area contributed by atoms with Gasteiger partial charge in [0.15, 0.2) is 0 Å². The summed E-state index contributed by atoms with van der Waals surface area (Å²) in [6, 6.07) is 0.796. The van der Waals surface area contributed by atoms with Gasteiger partial charge in [-0.15, -0.1) is 0 Å². The Morgan fingerprint density at radius 3 is 2.58 bits per heavy atom. The Kier molecular flexibility index (Phi) is 3.63. The van der Waals surface area contributed by atoms with E-state index in [1.807, 2.05) is 12.5 Å². The fourth-order valence-corrected chi connectivity index (χ4v) is 3.99. The van der Waals surface area contributed by atoms with Crippen molar-refractivity contribution < 1.29 is 0 Å². The highest BCUT2D eigenvalue weighted by atomic mass is 15.2. The first-order chi connectivity index (χ1) is 9.20. The molecule has 4 heteroatoms. The number of nitrogens with zero attached hydrogens (tertiary/aromatic N) is 3. The van der Waals surface area contributed by atoms with E-state index in [-0.39, 0.29) is 0 Å². The van der Waals surface area contributed by atoms with Gasteiger partial charge in [0.1, 0.15) is 0 Å². The summed E-state index contributed by atoms with van der Waals surface area (Å²) in [7, 11) is 0. The number of nitrogens with two attached hydrogens (primary N) is 1. The largest absolute Gasteiger partial charge is 0.331 e. The Hall–Kier alpha value is -0.870. The lowest BCUT2D eigenvalue weighted by molar-refractivity contribution is 0.221. The first-order valence-electron chi connectivity index (χ1n) is 7.66. The number of likely N-dealkylation sites (tertiary alicyclic amines) is 1. The van der Waals surface area contributed by atoms with Crippen LogP contribution in [0.25, 0.3) is 0 Å². The minimum absolute atomic E-state index is 0.343. The molecule has 0 bridgehead atoms. The van der Waals surface area contributed by atoms with Crippen molar-refractivity contribution in [2.24, 2.45) is 17.6 Å². The second-order valence-corrected chi connectivity index (χ2v) is 6.48. The van der Waals surface area contributed by atoms with Gasteiger partial charge >= 0.3 is 0 Å². The summed E-state index contributed by atoms with van der Waals surface area (Å²) in [4.78, 5) is 6.94. The summed E-state index contributed by atoms with van der Waals surface area (Å²) in [5, 5.41) is 0.